The molecule has 0 radical (unpaired) electrons. The summed E-state index contributed by atoms with van der Waals surface area (Å²) in [4.78, 5) is 33.1. The fourth-order valence-corrected chi connectivity index (χ4v) is 1.56. The first-order chi connectivity index (χ1) is 7.00. The van der Waals surface area contributed by atoms with Crippen molar-refractivity contribution in [2.45, 2.75) is 0 Å². The topological polar surface area (TPSA) is 80.7 Å². The van der Waals surface area contributed by atoms with Crippen LogP contribution in [0.25, 0.3) is 0 Å². The molecule has 0 atom stereocenters. The molecule has 15 heavy (non-hydrogen) atoms. The Morgan fingerprint density at radius 3 is 2.53 bits per heavy atom. The van der Waals surface area contributed by atoms with Crippen LogP contribution in [-0.4, -0.2) is 23.0 Å². The van der Waals surface area contributed by atoms with E-state index in [1.54, 1.807) is 0 Å². The van der Waals surface area contributed by atoms with E-state index in [9.17, 15) is 14.4 Å². The van der Waals surface area contributed by atoms with Gasteiger partial charge in [-0.25, -0.2) is 14.4 Å². The predicted molar refractivity (Wildman–Crippen MR) is 48.2 cm³/mol. The number of halogens is 1. The van der Waals surface area contributed by atoms with Gasteiger partial charge in [-0.2, -0.15) is 0 Å². The number of rotatable bonds is 1. The van der Waals surface area contributed by atoms with Gasteiger partial charge in [0.05, 0.1) is 16.7 Å². The third-order valence-electron chi connectivity index (χ3n) is 1.94. The Kier molecular flexibility index (Phi) is 1.97. The summed E-state index contributed by atoms with van der Waals surface area (Å²) in [7, 11) is 0. The molecular weight excluding hydrogens is 224 g/mol. The second-order valence-corrected chi connectivity index (χ2v) is 3.29. The van der Waals surface area contributed by atoms with Gasteiger partial charge in [-0.3, -0.25) is 0 Å². The lowest BCUT2D eigenvalue weighted by Crippen LogP contribution is -2.06. The van der Waals surface area contributed by atoms with E-state index < -0.39 is 17.9 Å². The largest absolute Gasteiger partial charge is 0.478 e. The number of hydrogen-bond donors (Lipinski definition) is 1. The zero-order chi connectivity index (χ0) is 11.2. The molecule has 6 heteroatoms. The Bertz CT molecular complexity index is 505. The molecule has 1 aromatic rings. The van der Waals surface area contributed by atoms with Gasteiger partial charge in [0.25, 0.3) is 0 Å². The maximum Gasteiger partial charge on any atom is 0.347 e. The average Bonchev–Trinajstić information content (AvgIpc) is 2.41. The third kappa shape index (κ3) is 1.37. The summed E-state index contributed by atoms with van der Waals surface area (Å²) in [5, 5.41) is 8.87. The van der Waals surface area contributed by atoms with Gasteiger partial charge in [0.2, 0.25) is 0 Å². The highest BCUT2D eigenvalue weighted by Gasteiger charge is 2.34. The molecule has 1 heterocycles. The Hall–Kier alpha value is -1.88. The summed E-state index contributed by atoms with van der Waals surface area (Å²) in [6.07, 6.45) is 0. The number of fused-ring (bicyclic) bond motifs is 1. The molecule has 76 valence electrons. The van der Waals surface area contributed by atoms with Crippen LogP contribution in [0.2, 0.25) is 5.02 Å². The minimum absolute atomic E-state index is 0.0674. The maximum atomic E-state index is 11.2. The Balaban J connectivity index is 2.79. The van der Waals surface area contributed by atoms with Gasteiger partial charge >= 0.3 is 17.9 Å². The molecule has 0 spiro atoms. The first kappa shape index (κ1) is 9.67. The molecule has 1 aliphatic rings. The molecule has 0 saturated heterocycles. The number of carboxylic acids is 1. The van der Waals surface area contributed by atoms with Gasteiger partial charge in [0, 0.05) is 5.02 Å². The van der Waals surface area contributed by atoms with Crippen LogP contribution < -0.4 is 0 Å². The number of hydrogen-bond acceptors (Lipinski definition) is 4. The van der Waals surface area contributed by atoms with Crippen molar-refractivity contribution in [3.8, 4) is 0 Å². The molecule has 1 aliphatic heterocycles. The van der Waals surface area contributed by atoms with Crippen LogP contribution in [0.15, 0.2) is 12.1 Å². The van der Waals surface area contributed by atoms with Crippen LogP contribution in [0.1, 0.15) is 31.1 Å². The van der Waals surface area contributed by atoms with E-state index in [4.69, 9.17) is 16.7 Å². The fourth-order valence-electron chi connectivity index (χ4n) is 1.35. The van der Waals surface area contributed by atoms with Crippen molar-refractivity contribution in [2.24, 2.45) is 0 Å². The smallest absolute Gasteiger partial charge is 0.347 e. The van der Waals surface area contributed by atoms with E-state index in [-0.39, 0.29) is 21.7 Å². The molecule has 0 aromatic heterocycles. The van der Waals surface area contributed by atoms with E-state index in [2.05, 4.69) is 4.74 Å². The quantitative estimate of drug-likeness (QED) is 0.577. The fraction of sp³-hybridized carbons (Fsp3) is 0. The van der Waals surface area contributed by atoms with Crippen molar-refractivity contribution >= 4 is 29.5 Å². The van der Waals surface area contributed by atoms with E-state index in [1.165, 1.54) is 6.07 Å². The van der Waals surface area contributed by atoms with Crippen molar-refractivity contribution in [2.75, 3.05) is 0 Å². The Morgan fingerprint density at radius 1 is 1.27 bits per heavy atom. The minimum Gasteiger partial charge on any atom is -0.478 e. The van der Waals surface area contributed by atoms with Crippen LogP contribution >= 0.6 is 11.6 Å². The SMILES string of the molecule is O=C(O)c1cc(Cl)cc2c1C(=O)OC2=O. The minimum atomic E-state index is -1.33. The highest BCUT2D eigenvalue weighted by Crippen LogP contribution is 2.27. The van der Waals surface area contributed by atoms with Crippen LogP contribution in [-0.2, 0) is 4.74 Å². The van der Waals surface area contributed by atoms with E-state index in [1.807, 2.05) is 0 Å². The van der Waals surface area contributed by atoms with Gasteiger partial charge in [0.15, 0.2) is 0 Å². The van der Waals surface area contributed by atoms with Crippen molar-refractivity contribution in [3.05, 3.63) is 33.8 Å². The van der Waals surface area contributed by atoms with Crippen LogP contribution in [0, 0.1) is 0 Å². The van der Waals surface area contributed by atoms with Crippen LogP contribution in [0.4, 0.5) is 0 Å². The predicted octanol–water partition coefficient (Wildman–Crippen LogP) is 1.35. The van der Waals surface area contributed by atoms with Crippen molar-refractivity contribution in [1.29, 1.82) is 0 Å². The molecule has 0 unspecified atom stereocenters. The van der Waals surface area contributed by atoms with Gasteiger partial charge in [0.1, 0.15) is 0 Å². The summed E-state index contributed by atoms with van der Waals surface area (Å²) in [6.45, 7) is 0. The second kappa shape index (κ2) is 3.06. The first-order valence-corrected chi connectivity index (χ1v) is 4.22. The number of aromatic carboxylic acids is 1. The first-order valence-electron chi connectivity index (χ1n) is 3.84. The number of benzene rings is 1. The summed E-state index contributed by atoms with van der Waals surface area (Å²) >= 11 is 5.60. The normalized spacial score (nSPS) is 13.7. The number of esters is 2. The highest BCUT2D eigenvalue weighted by molar-refractivity contribution is 6.32. The summed E-state index contributed by atoms with van der Waals surface area (Å²) < 4.78 is 4.28. The third-order valence-corrected chi connectivity index (χ3v) is 2.16. The van der Waals surface area contributed by atoms with E-state index >= 15 is 0 Å². The lowest BCUT2D eigenvalue weighted by molar-refractivity contribution is 0.0439. The lowest BCUT2D eigenvalue weighted by atomic mass is 10.0. The molecule has 5 nitrogen and oxygen atoms in total. The number of carbonyl (C=O) groups excluding carboxylic acids is 2. The zero-order valence-electron chi connectivity index (χ0n) is 7.11. The molecular formula is C9H3ClO5. The summed E-state index contributed by atoms with van der Waals surface area (Å²) in [5.41, 5.74) is -0.671. The van der Waals surface area contributed by atoms with Crippen LogP contribution in [0.3, 0.4) is 0 Å². The molecule has 0 fully saturated rings. The molecule has 1 N–H and O–H groups in total. The van der Waals surface area contributed by atoms with E-state index in [0.29, 0.717) is 0 Å². The summed E-state index contributed by atoms with van der Waals surface area (Å²) in [6, 6.07) is 2.30. The average molecular weight is 227 g/mol. The monoisotopic (exact) mass is 226 g/mol. The number of carboxylic acid groups (broad SMARTS) is 1. The number of ether oxygens (including phenoxy) is 1. The van der Waals surface area contributed by atoms with Gasteiger partial charge in [-0.15, -0.1) is 0 Å². The number of cyclic esters (lactones) is 2. The highest BCUT2D eigenvalue weighted by atomic mass is 35.5. The van der Waals surface area contributed by atoms with Crippen molar-refractivity contribution in [3.63, 3.8) is 0 Å². The molecule has 2 rings (SSSR count). The Labute approximate surface area is 88.2 Å². The molecule has 1 aromatic carbocycles. The molecule has 0 bridgehead atoms. The van der Waals surface area contributed by atoms with Gasteiger partial charge < -0.3 is 9.84 Å². The zero-order valence-corrected chi connectivity index (χ0v) is 7.87. The maximum absolute atomic E-state index is 11.2. The lowest BCUT2D eigenvalue weighted by Gasteiger charge is -1.99. The number of carbonyl (C=O) groups is 3. The Morgan fingerprint density at radius 2 is 1.93 bits per heavy atom. The van der Waals surface area contributed by atoms with Crippen LogP contribution in [0.5, 0.6) is 0 Å². The van der Waals surface area contributed by atoms with Gasteiger partial charge in [-0.1, -0.05) is 11.6 Å². The van der Waals surface area contributed by atoms with Crippen molar-refractivity contribution in [1.82, 2.24) is 0 Å². The summed E-state index contributed by atoms with van der Waals surface area (Å²) in [5.74, 6) is -3.16. The van der Waals surface area contributed by atoms with Crippen molar-refractivity contribution < 1.29 is 24.2 Å². The molecule has 0 amide bonds. The second-order valence-electron chi connectivity index (χ2n) is 2.86. The van der Waals surface area contributed by atoms with Gasteiger partial charge in [-0.05, 0) is 12.1 Å². The molecule has 0 saturated carbocycles. The standard InChI is InChI=1S/C9H3ClO5/c10-3-1-4(7(11)12)6-5(2-3)8(13)15-9(6)14/h1-2H,(H,11,12). The van der Waals surface area contributed by atoms with E-state index in [0.717, 1.165) is 6.07 Å². The molecule has 0 aliphatic carbocycles.